The third-order valence-corrected chi connectivity index (χ3v) is 5.27. The van der Waals surface area contributed by atoms with Crippen molar-refractivity contribution in [3.63, 3.8) is 0 Å². The van der Waals surface area contributed by atoms with Crippen molar-refractivity contribution < 1.29 is 9.59 Å². The molecule has 2 aliphatic heterocycles. The fraction of sp³-hybridized carbons (Fsp3) is 0.684. The first-order valence-corrected chi connectivity index (χ1v) is 9.63. The Morgan fingerprint density at radius 3 is 2.69 bits per heavy atom. The summed E-state index contributed by atoms with van der Waals surface area (Å²) >= 11 is 0. The zero-order chi connectivity index (χ0) is 18.5. The number of aryl methyl sites for hydroxylation is 1. The Kier molecular flexibility index (Phi) is 6.19. The van der Waals surface area contributed by atoms with Crippen LogP contribution in [0.5, 0.6) is 0 Å². The number of amides is 2. The highest BCUT2D eigenvalue weighted by Crippen LogP contribution is 2.32. The Bertz CT molecular complexity index is 657. The molecule has 7 heteroatoms. The number of carbonyl (C=O) groups excluding carboxylic acids is 2. The van der Waals surface area contributed by atoms with Crippen LogP contribution in [0, 0.1) is 6.92 Å². The quantitative estimate of drug-likeness (QED) is 0.863. The second kappa shape index (κ2) is 8.58. The van der Waals surface area contributed by atoms with E-state index in [1.807, 2.05) is 11.8 Å². The van der Waals surface area contributed by atoms with Crippen LogP contribution in [0.1, 0.15) is 62.2 Å². The molecule has 2 aliphatic rings. The van der Waals surface area contributed by atoms with Crippen molar-refractivity contribution in [1.82, 2.24) is 25.1 Å². The SMILES string of the molecule is CC(=O)NCc1cnc(C)nc1C1CCCN1CC(=O)N1CCCCC1. The Labute approximate surface area is 155 Å². The maximum atomic E-state index is 12.7. The summed E-state index contributed by atoms with van der Waals surface area (Å²) in [5.41, 5.74) is 1.89. The number of carbonyl (C=O) groups is 2. The molecule has 3 rings (SSSR count). The van der Waals surface area contributed by atoms with Gasteiger partial charge in [0.15, 0.2) is 0 Å². The lowest BCUT2D eigenvalue weighted by atomic mass is 10.1. The summed E-state index contributed by atoms with van der Waals surface area (Å²) in [6.07, 6.45) is 7.29. The monoisotopic (exact) mass is 359 g/mol. The zero-order valence-corrected chi connectivity index (χ0v) is 15.8. The highest BCUT2D eigenvalue weighted by atomic mass is 16.2. The highest BCUT2D eigenvalue weighted by Gasteiger charge is 2.32. The van der Waals surface area contributed by atoms with Crippen LogP contribution in [-0.2, 0) is 16.1 Å². The number of nitrogens with zero attached hydrogens (tertiary/aromatic N) is 4. The number of hydrogen-bond donors (Lipinski definition) is 1. The van der Waals surface area contributed by atoms with Gasteiger partial charge in [-0.1, -0.05) is 0 Å². The molecule has 0 aliphatic carbocycles. The molecular weight excluding hydrogens is 330 g/mol. The van der Waals surface area contributed by atoms with Gasteiger partial charge in [0, 0.05) is 38.3 Å². The van der Waals surface area contributed by atoms with Gasteiger partial charge in [0.2, 0.25) is 11.8 Å². The van der Waals surface area contributed by atoms with E-state index < -0.39 is 0 Å². The van der Waals surface area contributed by atoms with Crippen LogP contribution in [0.3, 0.4) is 0 Å². The maximum Gasteiger partial charge on any atom is 0.236 e. The van der Waals surface area contributed by atoms with E-state index in [-0.39, 0.29) is 17.9 Å². The van der Waals surface area contributed by atoms with Crippen molar-refractivity contribution >= 4 is 11.8 Å². The highest BCUT2D eigenvalue weighted by molar-refractivity contribution is 5.78. The van der Waals surface area contributed by atoms with Gasteiger partial charge in [0.05, 0.1) is 18.3 Å². The third-order valence-electron chi connectivity index (χ3n) is 5.27. The summed E-state index contributed by atoms with van der Waals surface area (Å²) in [6, 6.07) is 0.120. The van der Waals surface area contributed by atoms with Crippen LogP contribution in [0.2, 0.25) is 0 Å². The van der Waals surface area contributed by atoms with Crippen molar-refractivity contribution in [1.29, 1.82) is 0 Å². The van der Waals surface area contributed by atoms with E-state index >= 15 is 0 Å². The summed E-state index contributed by atoms with van der Waals surface area (Å²) in [5.74, 6) is 0.881. The molecule has 1 N–H and O–H groups in total. The van der Waals surface area contributed by atoms with Crippen molar-refractivity contribution in [2.24, 2.45) is 0 Å². The predicted molar refractivity (Wildman–Crippen MR) is 98.3 cm³/mol. The number of likely N-dealkylation sites (tertiary alicyclic amines) is 2. The first-order chi connectivity index (χ1) is 12.5. The summed E-state index contributed by atoms with van der Waals surface area (Å²) < 4.78 is 0. The van der Waals surface area contributed by atoms with Crippen LogP contribution in [0.4, 0.5) is 0 Å². The van der Waals surface area contributed by atoms with Gasteiger partial charge in [-0.05, 0) is 45.6 Å². The average Bonchev–Trinajstić information content (AvgIpc) is 3.09. The molecule has 142 valence electrons. The summed E-state index contributed by atoms with van der Waals surface area (Å²) in [5, 5.41) is 2.84. The lowest BCUT2D eigenvalue weighted by Crippen LogP contribution is -2.42. The molecule has 0 spiro atoms. The third kappa shape index (κ3) is 4.58. The van der Waals surface area contributed by atoms with Crippen LogP contribution < -0.4 is 5.32 Å². The minimum atomic E-state index is -0.0694. The molecule has 3 heterocycles. The summed E-state index contributed by atoms with van der Waals surface area (Å²) in [6.45, 7) is 6.95. The van der Waals surface area contributed by atoms with Crippen molar-refractivity contribution in [2.75, 3.05) is 26.2 Å². The Balaban J connectivity index is 1.73. The van der Waals surface area contributed by atoms with E-state index in [0.717, 1.165) is 62.4 Å². The standard InChI is InChI=1S/C19H29N5O2/c1-14-20-11-16(12-21-15(2)25)19(22-14)17-7-6-10-24(17)13-18(26)23-8-4-3-5-9-23/h11,17H,3-10,12-13H2,1-2H3,(H,21,25). The van der Waals surface area contributed by atoms with Gasteiger partial charge in [0.1, 0.15) is 5.82 Å². The van der Waals surface area contributed by atoms with Gasteiger partial charge < -0.3 is 10.2 Å². The van der Waals surface area contributed by atoms with Gasteiger partial charge >= 0.3 is 0 Å². The minimum Gasteiger partial charge on any atom is -0.352 e. The largest absolute Gasteiger partial charge is 0.352 e. The van der Waals surface area contributed by atoms with E-state index in [1.54, 1.807) is 6.20 Å². The maximum absolute atomic E-state index is 12.7. The number of aromatic nitrogens is 2. The average molecular weight is 359 g/mol. The molecule has 2 saturated heterocycles. The molecule has 0 saturated carbocycles. The summed E-state index contributed by atoms with van der Waals surface area (Å²) in [4.78, 5) is 37.2. The molecule has 1 unspecified atom stereocenters. The van der Waals surface area contributed by atoms with Gasteiger partial charge in [0.25, 0.3) is 0 Å². The molecule has 1 atom stereocenters. The number of nitrogens with one attached hydrogen (secondary N) is 1. The zero-order valence-electron chi connectivity index (χ0n) is 15.8. The van der Waals surface area contributed by atoms with Gasteiger partial charge in [-0.2, -0.15) is 0 Å². The molecule has 7 nitrogen and oxygen atoms in total. The topological polar surface area (TPSA) is 78.4 Å². The first-order valence-electron chi connectivity index (χ1n) is 9.63. The van der Waals surface area contributed by atoms with Gasteiger partial charge in [-0.15, -0.1) is 0 Å². The molecule has 0 aromatic carbocycles. The number of rotatable bonds is 5. The van der Waals surface area contributed by atoms with Gasteiger partial charge in [-0.3, -0.25) is 14.5 Å². The van der Waals surface area contributed by atoms with Crippen LogP contribution in [0.15, 0.2) is 6.20 Å². The smallest absolute Gasteiger partial charge is 0.236 e. The van der Waals surface area contributed by atoms with Crippen molar-refractivity contribution in [2.45, 2.75) is 58.5 Å². The molecule has 2 amide bonds. The Hall–Kier alpha value is -2.02. The number of hydrogen-bond acceptors (Lipinski definition) is 5. The van der Waals surface area contributed by atoms with E-state index in [0.29, 0.717) is 13.1 Å². The summed E-state index contributed by atoms with van der Waals surface area (Å²) in [7, 11) is 0. The minimum absolute atomic E-state index is 0.0694. The normalized spacial score (nSPS) is 21.0. The van der Waals surface area contributed by atoms with E-state index in [4.69, 9.17) is 0 Å². The van der Waals surface area contributed by atoms with Crippen molar-refractivity contribution in [3.05, 3.63) is 23.3 Å². The second-order valence-electron chi connectivity index (χ2n) is 7.31. The second-order valence-corrected chi connectivity index (χ2v) is 7.31. The first kappa shape index (κ1) is 18.8. The molecule has 1 aromatic rings. The molecule has 26 heavy (non-hydrogen) atoms. The fourth-order valence-corrected chi connectivity index (χ4v) is 3.90. The lowest BCUT2D eigenvalue weighted by molar-refractivity contribution is -0.133. The Morgan fingerprint density at radius 1 is 1.19 bits per heavy atom. The molecule has 1 aromatic heterocycles. The van der Waals surface area contributed by atoms with Crippen LogP contribution >= 0.6 is 0 Å². The fourth-order valence-electron chi connectivity index (χ4n) is 3.90. The molecule has 2 fully saturated rings. The van der Waals surface area contributed by atoms with E-state index in [9.17, 15) is 9.59 Å². The van der Waals surface area contributed by atoms with Crippen LogP contribution in [0.25, 0.3) is 0 Å². The Morgan fingerprint density at radius 2 is 1.96 bits per heavy atom. The molecular formula is C19H29N5O2. The van der Waals surface area contributed by atoms with E-state index in [1.165, 1.54) is 13.3 Å². The van der Waals surface area contributed by atoms with Crippen LogP contribution in [-0.4, -0.2) is 57.8 Å². The van der Waals surface area contributed by atoms with E-state index in [2.05, 4.69) is 20.2 Å². The molecule has 0 bridgehead atoms. The lowest BCUT2D eigenvalue weighted by Gasteiger charge is -2.31. The predicted octanol–water partition coefficient (Wildman–Crippen LogP) is 1.57. The van der Waals surface area contributed by atoms with Crippen molar-refractivity contribution in [3.8, 4) is 0 Å². The van der Waals surface area contributed by atoms with Gasteiger partial charge in [-0.25, -0.2) is 9.97 Å². The number of piperidine rings is 1. The molecule has 0 radical (unpaired) electrons.